The average Bonchev–Trinajstić information content (AvgIpc) is 2.41. The fourth-order valence-electron chi connectivity index (χ4n) is 2.51. The third-order valence-electron chi connectivity index (χ3n) is 3.95. The zero-order valence-electron chi connectivity index (χ0n) is 10.8. The van der Waals surface area contributed by atoms with E-state index in [9.17, 15) is 9.50 Å². The summed E-state index contributed by atoms with van der Waals surface area (Å²) in [5.74, 6) is 0.299. The minimum Gasteiger partial charge on any atom is -0.395 e. The number of aliphatic hydroxyl groups excluding tert-OH is 1. The van der Waals surface area contributed by atoms with Crippen molar-refractivity contribution in [3.05, 3.63) is 46.6 Å². The molecule has 20 heavy (non-hydrogen) atoms. The van der Waals surface area contributed by atoms with Gasteiger partial charge < -0.3 is 5.11 Å². The summed E-state index contributed by atoms with van der Waals surface area (Å²) in [5.41, 5.74) is 0.655. The van der Waals surface area contributed by atoms with Crippen LogP contribution in [0.25, 0.3) is 11.3 Å². The number of rotatable bonds is 3. The molecule has 1 aliphatic rings. The minimum atomic E-state index is -0.335. The van der Waals surface area contributed by atoms with E-state index in [1.807, 2.05) is 0 Å². The van der Waals surface area contributed by atoms with Crippen molar-refractivity contribution >= 4 is 15.9 Å². The van der Waals surface area contributed by atoms with Crippen LogP contribution in [0.4, 0.5) is 4.39 Å². The Morgan fingerprint density at radius 3 is 2.75 bits per heavy atom. The molecule has 1 fully saturated rings. The quantitative estimate of drug-likeness (QED) is 0.933. The second-order valence-electron chi connectivity index (χ2n) is 5.18. The molecule has 104 valence electrons. The van der Waals surface area contributed by atoms with E-state index >= 15 is 0 Å². The van der Waals surface area contributed by atoms with Crippen molar-refractivity contribution in [2.75, 3.05) is 6.61 Å². The molecule has 1 aromatic carbocycles. The van der Waals surface area contributed by atoms with Gasteiger partial charge in [0, 0.05) is 16.2 Å². The van der Waals surface area contributed by atoms with Crippen molar-refractivity contribution in [3.8, 4) is 11.3 Å². The molecule has 5 heteroatoms. The Labute approximate surface area is 125 Å². The molecule has 0 atom stereocenters. The molecular weight excluding hydrogens is 323 g/mol. The molecule has 1 aromatic heterocycles. The van der Waals surface area contributed by atoms with Gasteiger partial charge in [-0.1, -0.05) is 22.4 Å². The first-order valence-corrected chi connectivity index (χ1v) is 7.34. The zero-order chi connectivity index (χ0) is 14.2. The molecule has 3 rings (SSSR count). The van der Waals surface area contributed by atoms with Gasteiger partial charge in [-0.2, -0.15) is 0 Å². The van der Waals surface area contributed by atoms with E-state index in [0.717, 1.165) is 23.7 Å². The lowest BCUT2D eigenvalue weighted by molar-refractivity contribution is 0.112. The molecule has 0 aliphatic heterocycles. The largest absolute Gasteiger partial charge is 0.395 e. The fraction of sp³-hybridized carbons (Fsp3) is 0.333. The lowest BCUT2D eigenvalue weighted by Gasteiger charge is -2.38. The average molecular weight is 337 g/mol. The third kappa shape index (κ3) is 2.25. The van der Waals surface area contributed by atoms with Gasteiger partial charge in [-0.05, 0) is 37.1 Å². The van der Waals surface area contributed by atoms with Crippen LogP contribution in [0.2, 0.25) is 0 Å². The molecule has 1 N–H and O–H groups in total. The van der Waals surface area contributed by atoms with Gasteiger partial charge in [-0.25, -0.2) is 14.4 Å². The molecule has 1 saturated carbocycles. The van der Waals surface area contributed by atoms with Crippen LogP contribution in [0.5, 0.6) is 0 Å². The maximum absolute atomic E-state index is 13.9. The van der Waals surface area contributed by atoms with E-state index < -0.39 is 0 Å². The van der Waals surface area contributed by atoms with Gasteiger partial charge in [0.2, 0.25) is 0 Å². The second kappa shape index (κ2) is 5.22. The second-order valence-corrected chi connectivity index (χ2v) is 6.10. The first kappa shape index (κ1) is 13.6. The van der Waals surface area contributed by atoms with E-state index in [4.69, 9.17) is 0 Å². The molecule has 0 radical (unpaired) electrons. The summed E-state index contributed by atoms with van der Waals surface area (Å²) < 4.78 is 14.7. The maximum atomic E-state index is 13.9. The molecule has 0 spiro atoms. The van der Waals surface area contributed by atoms with Crippen LogP contribution in [0.3, 0.4) is 0 Å². The molecular formula is C15H14BrFN2O. The van der Waals surface area contributed by atoms with E-state index in [1.165, 1.54) is 6.07 Å². The van der Waals surface area contributed by atoms with Crippen LogP contribution in [0, 0.1) is 5.82 Å². The standard InChI is InChI=1S/C15H14BrFN2O/c16-10-2-3-12(17)11(8-10)13-4-7-18-14(19-13)15(9-20)5-1-6-15/h2-4,7-8,20H,1,5-6,9H2. The van der Waals surface area contributed by atoms with Gasteiger partial charge >= 0.3 is 0 Å². The summed E-state index contributed by atoms with van der Waals surface area (Å²) in [6.07, 6.45) is 4.47. The van der Waals surface area contributed by atoms with Crippen molar-refractivity contribution in [2.45, 2.75) is 24.7 Å². The maximum Gasteiger partial charge on any atom is 0.137 e. The highest BCUT2D eigenvalue weighted by Crippen LogP contribution is 2.42. The Kier molecular flexibility index (Phi) is 3.56. The third-order valence-corrected chi connectivity index (χ3v) is 4.44. The van der Waals surface area contributed by atoms with E-state index in [0.29, 0.717) is 17.1 Å². The van der Waals surface area contributed by atoms with Gasteiger partial charge in [0.05, 0.1) is 17.7 Å². The van der Waals surface area contributed by atoms with Crippen LogP contribution < -0.4 is 0 Å². The summed E-state index contributed by atoms with van der Waals surface area (Å²) in [6.45, 7) is 0.0391. The summed E-state index contributed by atoms with van der Waals surface area (Å²) in [4.78, 5) is 8.75. The first-order valence-electron chi connectivity index (χ1n) is 6.54. The first-order chi connectivity index (χ1) is 9.64. The highest BCUT2D eigenvalue weighted by atomic mass is 79.9. The highest BCUT2D eigenvalue weighted by molar-refractivity contribution is 9.10. The summed E-state index contributed by atoms with van der Waals surface area (Å²) in [7, 11) is 0. The molecule has 0 amide bonds. The smallest absolute Gasteiger partial charge is 0.137 e. The molecule has 1 aliphatic carbocycles. The zero-order valence-corrected chi connectivity index (χ0v) is 12.4. The Morgan fingerprint density at radius 1 is 1.30 bits per heavy atom. The number of aromatic nitrogens is 2. The Balaban J connectivity index is 2.05. The van der Waals surface area contributed by atoms with Crippen LogP contribution >= 0.6 is 15.9 Å². The Morgan fingerprint density at radius 2 is 2.10 bits per heavy atom. The lowest BCUT2D eigenvalue weighted by Crippen LogP contribution is -2.39. The molecule has 0 bridgehead atoms. The SMILES string of the molecule is OCC1(c2nccc(-c3cc(Br)ccc3F)n2)CCC1. The molecule has 0 saturated heterocycles. The summed E-state index contributed by atoms with van der Waals surface area (Å²) in [5, 5.41) is 9.59. The summed E-state index contributed by atoms with van der Waals surface area (Å²) >= 11 is 3.34. The van der Waals surface area contributed by atoms with Crippen LogP contribution in [0.1, 0.15) is 25.1 Å². The highest BCUT2D eigenvalue weighted by Gasteiger charge is 2.40. The number of hydrogen-bond donors (Lipinski definition) is 1. The number of hydrogen-bond acceptors (Lipinski definition) is 3. The van der Waals surface area contributed by atoms with E-state index in [1.54, 1.807) is 24.4 Å². The van der Waals surface area contributed by atoms with Gasteiger partial charge in [0.25, 0.3) is 0 Å². The fourth-order valence-corrected chi connectivity index (χ4v) is 2.88. The van der Waals surface area contributed by atoms with E-state index in [-0.39, 0.29) is 17.8 Å². The van der Waals surface area contributed by atoms with E-state index in [2.05, 4.69) is 25.9 Å². The number of benzene rings is 1. The van der Waals surface area contributed by atoms with Crippen molar-refractivity contribution in [3.63, 3.8) is 0 Å². The Bertz CT molecular complexity index is 638. The molecule has 3 nitrogen and oxygen atoms in total. The topological polar surface area (TPSA) is 46.0 Å². The van der Waals surface area contributed by atoms with Crippen LogP contribution in [0.15, 0.2) is 34.9 Å². The Hall–Kier alpha value is -1.33. The number of nitrogens with zero attached hydrogens (tertiary/aromatic N) is 2. The van der Waals surface area contributed by atoms with Crippen LogP contribution in [-0.4, -0.2) is 21.7 Å². The molecule has 0 unspecified atom stereocenters. The van der Waals surface area contributed by atoms with Gasteiger partial charge in [0.1, 0.15) is 11.6 Å². The predicted octanol–water partition coefficient (Wildman–Crippen LogP) is 3.46. The van der Waals surface area contributed by atoms with Gasteiger partial charge in [-0.3, -0.25) is 0 Å². The predicted molar refractivity (Wildman–Crippen MR) is 77.7 cm³/mol. The van der Waals surface area contributed by atoms with Crippen molar-refractivity contribution < 1.29 is 9.50 Å². The van der Waals surface area contributed by atoms with Gasteiger partial charge in [0.15, 0.2) is 0 Å². The summed E-state index contributed by atoms with van der Waals surface area (Å²) in [6, 6.07) is 6.46. The van der Waals surface area contributed by atoms with Crippen molar-refractivity contribution in [2.24, 2.45) is 0 Å². The monoisotopic (exact) mass is 336 g/mol. The minimum absolute atomic E-state index is 0.0391. The number of aliphatic hydroxyl groups is 1. The van der Waals surface area contributed by atoms with Crippen molar-refractivity contribution in [1.29, 1.82) is 0 Å². The molecule has 1 heterocycles. The van der Waals surface area contributed by atoms with Crippen molar-refractivity contribution in [1.82, 2.24) is 9.97 Å². The van der Waals surface area contributed by atoms with Crippen LogP contribution in [-0.2, 0) is 5.41 Å². The van der Waals surface area contributed by atoms with Gasteiger partial charge in [-0.15, -0.1) is 0 Å². The molecule has 2 aromatic rings. The normalized spacial score (nSPS) is 16.8. The lowest BCUT2D eigenvalue weighted by atomic mass is 9.68. The number of halogens is 2.